The second-order valence-electron chi connectivity index (χ2n) is 10.2. The molecule has 2 heterocycles. The molecule has 3 aliphatic rings. The number of nitrogens with zero attached hydrogens (tertiary/aromatic N) is 1. The van der Waals surface area contributed by atoms with E-state index >= 15 is 0 Å². The van der Waals surface area contributed by atoms with E-state index in [1.807, 2.05) is 0 Å². The number of hydrogen-bond acceptors (Lipinski definition) is 4. The van der Waals surface area contributed by atoms with E-state index in [2.05, 4.69) is 10.6 Å². The zero-order valence-corrected chi connectivity index (χ0v) is 18.6. The number of fused-ring (bicyclic) bond motifs is 2. The van der Waals surface area contributed by atoms with Crippen LogP contribution in [0.5, 0.6) is 0 Å². The SMILES string of the molecule is CC(C)(C)OC(=O)NC1CC2CNCC2(C(=O)N2CCc3ccc(C(F)(F)F)cc3C2)C1. The first kappa shape index (κ1) is 22.9. The number of benzene rings is 1. The third-order valence-electron chi connectivity index (χ3n) is 6.77. The normalized spacial score (nSPS) is 27.6. The molecule has 4 rings (SSSR count). The summed E-state index contributed by atoms with van der Waals surface area (Å²) < 4.78 is 44.8. The molecule has 32 heavy (non-hydrogen) atoms. The molecule has 0 spiro atoms. The van der Waals surface area contributed by atoms with Gasteiger partial charge in [0.1, 0.15) is 5.60 Å². The summed E-state index contributed by atoms with van der Waals surface area (Å²) in [5.74, 6) is 0.0295. The van der Waals surface area contributed by atoms with Crippen LogP contribution in [0.3, 0.4) is 0 Å². The highest BCUT2D eigenvalue weighted by atomic mass is 19.4. The van der Waals surface area contributed by atoms with Crippen molar-refractivity contribution in [3.63, 3.8) is 0 Å². The summed E-state index contributed by atoms with van der Waals surface area (Å²) in [6.45, 7) is 7.23. The topological polar surface area (TPSA) is 70.7 Å². The summed E-state index contributed by atoms with van der Waals surface area (Å²) in [4.78, 5) is 27.6. The smallest absolute Gasteiger partial charge is 0.416 e. The van der Waals surface area contributed by atoms with Crippen molar-refractivity contribution in [2.75, 3.05) is 19.6 Å². The average Bonchev–Trinajstić information content (AvgIpc) is 3.22. The minimum atomic E-state index is -4.41. The van der Waals surface area contributed by atoms with Gasteiger partial charge >= 0.3 is 12.3 Å². The van der Waals surface area contributed by atoms with Gasteiger partial charge < -0.3 is 20.3 Å². The first-order valence-electron chi connectivity index (χ1n) is 11.1. The van der Waals surface area contributed by atoms with Crippen LogP contribution in [0, 0.1) is 11.3 Å². The number of carbonyl (C=O) groups excluding carboxylic acids is 2. The molecule has 0 radical (unpaired) electrons. The summed E-state index contributed by atoms with van der Waals surface area (Å²) in [5.41, 5.74) is -0.536. The summed E-state index contributed by atoms with van der Waals surface area (Å²) in [6.07, 6.45) is -3.21. The van der Waals surface area contributed by atoms with Crippen molar-refractivity contribution >= 4 is 12.0 Å². The Kier molecular flexibility index (Phi) is 5.68. The molecule has 2 aliphatic heterocycles. The number of hydrogen-bond donors (Lipinski definition) is 2. The summed E-state index contributed by atoms with van der Waals surface area (Å²) in [5, 5.41) is 6.21. The third-order valence-corrected chi connectivity index (χ3v) is 6.77. The van der Waals surface area contributed by atoms with Gasteiger partial charge in [-0.25, -0.2) is 4.79 Å². The van der Waals surface area contributed by atoms with E-state index in [4.69, 9.17) is 4.74 Å². The Morgan fingerprint density at radius 3 is 2.66 bits per heavy atom. The molecule has 176 valence electrons. The fourth-order valence-electron chi connectivity index (χ4n) is 5.37. The van der Waals surface area contributed by atoms with Gasteiger partial charge in [0.2, 0.25) is 5.91 Å². The van der Waals surface area contributed by atoms with Gasteiger partial charge in [-0.3, -0.25) is 4.79 Å². The van der Waals surface area contributed by atoms with E-state index in [0.717, 1.165) is 11.6 Å². The van der Waals surface area contributed by atoms with Crippen molar-refractivity contribution in [3.8, 4) is 0 Å². The van der Waals surface area contributed by atoms with Gasteiger partial charge in [0.05, 0.1) is 11.0 Å². The Morgan fingerprint density at radius 2 is 1.97 bits per heavy atom. The molecule has 3 atom stereocenters. The first-order valence-corrected chi connectivity index (χ1v) is 11.1. The van der Waals surface area contributed by atoms with Crippen LogP contribution >= 0.6 is 0 Å². The summed E-state index contributed by atoms with van der Waals surface area (Å²) >= 11 is 0. The fourth-order valence-corrected chi connectivity index (χ4v) is 5.37. The van der Waals surface area contributed by atoms with Crippen LogP contribution in [0.15, 0.2) is 18.2 Å². The summed E-state index contributed by atoms with van der Waals surface area (Å²) in [7, 11) is 0. The number of carbonyl (C=O) groups is 2. The van der Waals surface area contributed by atoms with Gasteiger partial charge in [-0.2, -0.15) is 13.2 Å². The molecule has 1 aromatic rings. The molecule has 0 bridgehead atoms. The maximum absolute atomic E-state index is 13.7. The van der Waals surface area contributed by atoms with E-state index < -0.39 is 28.8 Å². The highest BCUT2D eigenvalue weighted by Gasteiger charge is 2.56. The quantitative estimate of drug-likeness (QED) is 0.719. The van der Waals surface area contributed by atoms with Crippen molar-refractivity contribution in [1.82, 2.24) is 15.5 Å². The number of alkyl carbamates (subject to hydrolysis) is 1. The van der Waals surface area contributed by atoms with Crippen molar-refractivity contribution in [3.05, 3.63) is 34.9 Å². The molecule has 1 saturated heterocycles. The van der Waals surface area contributed by atoms with Crippen LogP contribution in [0.25, 0.3) is 0 Å². The lowest BCUT2D eigenvalue weighted by molar-refractivity contribution is -0.143. The second kappa shape index (κ2) is 7.93. The Balaban J connectivity index is 1.48. The highest BCUT2D eigenvalue weighted by Crippen LogP contribution is 2.48. The minimum absolute atomic E-state index is 0.0379. The Labute approximate surface area is 185 Å². The Hall–Kier alpha value is -2.29. The number of rotatable bonds is 2. The van der Waals surface area contributed by atoms with Gasteiger partial charge in [-0.05, 0) is 75.8 Å². The predicted molar refractivity (Wildman–Crippen MR) is 112 cm³/mol. The number of nitrogens with one attached hydrogen (secondary N) is 2. The first-order chi connectivity index (χ1) is 14.9. The monoisotopic (exact) mass is 453 g/mol. The Bertz CT molecular complexity index is 912. The van der Waals surface area contributed by atoms with Crippen LogP contribution in [0.4, 0.5) is 18.0 Å². The standard InChI is InChI=1S/C23H30F3N3O3/c1-21(2,3)32-20(31)28-18-9-17-11-27-13-22(17,10-18)19(30)29-7-6-14-4-5-16(23(24,25)26)8-15(14)12-29/h4-5,8,17-18,27H,6-7,9-13H2,1-3H3,(H,28,31). The molecule has 6 nitrogen and oxygen atoms in total. The lowest BCUT2D eigenvalue weighted by atomic mass is 9.78. The molecule has 2 amide bonds. The van der Waals surface area contributed by atoms with Crippen molar-refractivity contribution < 1.29 is 27.5 Å². The summed E-state index contributed by atoms with van der Waals surface area (Å²) in [6, 6.07) is 3.62. The third kappa shape index (κ3) is 4.44. The molecule has 9 heteroatoms. The maximum Gasteiger partial charge on any atom is 0.416 e. The molecule has 1 aliphatic carbocycles. The average molecular weight is 454 g/mol. The van der Waals surface area contributed by atoms with E-state index in [1.165, 1.54) is 12.1 Å². The van der Waals surface area contributed by atoms with Gasteiger partial charge in [-0.15, -0.1) is 0 Å². The van der Waals surface area contributed by atoms with Crippen LogP contribution < -0.4 is 10.6 Å². The Morgan fingerprint density at radius 1 is 1.22 bits per heavy atom. The van der Waals surface area contributed by atoms with Crippen LogP contribution in [0.2, 0.25) is 0 Å². The van der Waals surface area contributed by atoms with Crippen LogP contribution in [0.1, 0.15) is 50.3 Å². The maximum atomic E-state index is 13.7. The van der Waals surface area contributed by atoms with Crippen molar-refractivity contribution in [1.29, 1.82) is 0 Å². The fraction of sp³-hybridized carbons (Fsp3) is 0.652. The molecule has 2 N–H and O–H groups in total. The number of alkyl halides is 3. The van der Waals surface area contributed by atoms with Gasteiger partial charge in [0.25, 0.3) is 0 Å². The zero-order chi connectivity index (χ0) is 23.3. The van der Waals surface area contributed by atoms with E-state index in [0.29, 0.717) is 44.5 Å². The van der Waals surface area contributed by atoms with Crippen LogP contribution in [-0.4, -0.2) is 48.2 Å². The van der Waals surface area contributed by atoms with Gasteiger partial charge in [-0.1, -0.05) is 6.07 Å². The second-order valence-corrected chi connectivity index (χ2v) is 10.2. The zero-order valence-electron chi connectivity index (χ0n) is 18.6. The van der Waals surface area contributed by atoms with Gasteiger partial charge in [0.15, 0.2) is 0 Å². The molecular formula is C23H30F3N3O3. The van der Waals surface area contributed by atoms with Crippen LogP contribution in [-0.2, 0) is 28.7 Å². The lowest BCUT2D eigenvalue weighted by Gasteiger charge is -2.37. The number of halogens is 3. The number of ether oxygens (including phenoxy) is 1. The van der Waals surface area contributed by atoms with Gasteiger partial charge in [0, 0.05) is 25.7 Å². The predicted octanol–water partition coefficient (Wildman–Crippen LogP) is 3.48. The minimum Gasteiger partial charge on any atom is -0.444 e. The molecule has 3 unspecified atom stereocenters. The molecule has 1 aromatic carbocycles. The molecule has 1 saturated carbocycles. The van der Waals surface area contributed by atoms with Crippen molar-refractivity contribution in [2.45, 2.75) is 64.4 Å². The van der Waals surface area contributed by atoms with E-state index in [1.54, 1.807) is 25.7 Å². The highest BCUT2D eigenvalue weighted by molar-refractivity contribution is 5.85. The molecular weight excluding hydrogens is 423 g/mol. The van der Waals surface area contributed by atoms with E-state index in [9.17, 15) is 22.8 Å². The lowest BCUT2D eigenvalue weighted by Crippen LogP contribution is -2.49. The van der Waals surface area contributed by atoms with Crippen molar-refractivity contribution in [2.24, 2.45) is 11.3 Å². The van der Waals surface area contributed by atoms with E-state index in [-0.39, 0.29) is 24.4 Å². The molecule has 2 fully saturated rings. The number of amides is 2. The largest absolute Gasteiger partial charge is 0.444 e. The molecule has 0 aromatic heterocycles.